The smallest absolute Gasteiger partial charge is 0.222 e. The zero-order chi connectivity index (χ0) is 29.1. The average molecular weight is 546 g/mol. The molecule has 3 fully saturated rings. The highest BCUT2D eigenvalue weighted by Crippen LogP contribution is 2.74. The van der Waals surface area contributed by atoms with Crippen LogP contribution >= 0.6 is 0 Å². The third-order valence-corrected chi connectivity index (χ3v) is 13.0. The molecule has 5 aliphatic rings. The molecule has 214 valence electrons. The summed E-state index contributed by atoms with van der Waals surface area (Å²) in [6, 6.07) is 2.12. The molecule has 6 rings (SSSR count). The van der Waals surface area contributed by atoms with Crippen LogP contribution in [0.5, 0.6) is 0 Å². The molecule has 0 aliphatic heterocycles. The van der Waals surface area contributed by atoms with Crippen molar-refractivity contribution in [3.8, 4) is 6.07 Å². The predicted octanol–water partition coefficient (Wildman–Crippen LogP) is 5.82. The summed E-state index contributed by atoms with van der Waals surface area (Å²) in [6.45, 7) is 14.7. The van der Waals surface area contributed by atoms with Crippen LogP contribution in [0.2, 0.25) is 0 Å². The number of carbonyl (C=O) groups excluding carboxylic acids is 2. The number of rotatable bonds is 2. The first-order chi connectivity index (χ1) is 18.6. The second kappa shape index (κ2) is 8.25. The topological polar surface area (TPSA) is 117 Å². The minimum Gasteiger partial charge on any atom is -0.425 e. The van der Waals surface area contributed by atoms with Crippen LogP contribution in [0.3, 0.4) is 0 Å². The highest BCUT2D eigenvalue weighted by Gasteiger charge is 2.71. The van der Waals surface area contributed by atoms with E-state index in [1.807, 2.05) is 19.1 Å². The number of nitriles is 1. The van der Waals surface area contributed by atoms with E-state index in [9.17, 15) is 20.0 Å². The molecular weight excluding hydrogens is 502 g/mol. The molecule has 0 bridgehead atoms. The first-order valence-corrected chi connectivity index (χ1v) is 15.0. The first kappa shape index (κ1) is 27.6. The molecule has 0 spiro atoms. The van der Waals surface area contributed by atoms with Crippen molar-refractivity contribution in [2.45, 2.75) is 98.8 Å². The molecule has 7 heteroatoms. The Labute approximate surface area is 237 Å². The maximum absolute atomic E-state index is 14.6. The van der Waals surface area contributed by atoms with Gasteiger partial charge in [0.2, 0.25) is 11.8 Å². The van der Waals surface area contributed by atoms with E-state index in [2.05, 4.69) is 50.9 Å². The minimum absolute atomic E-state index is 0.0864. The second-order valence-electron chi connectivity index (χ2n) is 15.4. The number of carbonyl (C=O) groups is 2. The van der Waals surface area contributed by atoms with E-state index in [0.29, 0.717) is 11.8 Å². The Bertz CT molecular complexity index is 1410. The van der Waals surface area contributed by atoms with Gasteiger partial charge in [-0.3, -0.25) is 9.59 Å². The standard InChI is InChI=1S/C33H43N3O4/c1-19-35-36-27(40-19)33-12-10-28(2,3)16-21(33)25-22(38)14-24-29(4)15-20(17-34)26(39)30(5,18-37)23(29)8-9-31(24,6)32(25,7)11-13-33/h14-15,21,23,25,37H,8-13,16,18H2,1-7H3/t21?,23-,25?,29+,30+,31-,32-,33+/m1/s1. The molecule has 1 N–H and O–H groups in total. The number of hydrogen-bond donors (Lipinski definition) is 1. The summed E-state index contributed by atoms with van der Waals surface area (Å²) < 4.78 is 6.14. The van der Waals surface area contributed by atoms with Crippen molar-refractivity contribution in [3.05, 3.63) is 35.1 Å². The summed E-state index contributed by atoms with van der Waals surface area (Å²) in [7, 11) is 0. The summed E-state index contributed by atoms with van der Waals surface area (Å²) in [5.41, 5.74) is -1.40. The van der Waals surface area contributed by atoms with Gasteiger partial charge in [-0.15, -0.1) is 10.2 Å². The van der Waals surface area contributed by atoms with E-state index in [4.69, 9.17) is 4.42 Å². The Balaban J connectivity index is 1.54. The molecule has 0 amide bonds. The number of aryl methyl sites for hydroxylation is 1. The van der Waals surface area contributed by atoms with E-state index >= 15 is 0 Å². The molecule has 1 aromatic heterocycles. The van der Waals surface area contributed by atoms with Crippen LogP contribution in [0, 0.1) is 63.1 Å². The van der Waals surface area contributed by atoms with Gasteiger partial charge in [0.1, 0.15) is 6.07 Å². The summed E-state index contributed by atoms with van der Waals surface area (Å²) in [6.07, 6.45) is 9.98. The highest BCUT2D eigenvalue weighted by atomic mass is 16.4. The Morgan fingerprint density at radius 3 is 2.38 bits per heavy atom. The minimum atomic E-state index is -1.05. The number of hydrogen-bond acceptors (Lipinski definition) is 7. The van der Waals surface area contributed by atoms with Crippen molar-refractivity contribution in [1.29, 1.82) is 5.26 Å². The van der Waals surface area contributed by atoms with Crippen LogP contribution in [0.25, 0.3) is 0 Å². The van der Waals surface area contributed by atoms with Crippen molar-refractivity contribution in [1.82, 2.24) is 10.2 Å². The van der Waals surface area contributed by atoms with Gasteiger partial charge in [-0.1, -0.05) is 46.3 Å². The lowest BCUT2D eigenvalue weighted by Gasteiger charge is -2.68. The summed E-state index contributed by atoms with van der Waals surface area (Å²) >= 11 is 0. The Morgan fingerprint density at radius 2 is 1.75 bits per heavy atom. The number of aliphatic hydroxyl groups is 1. The fourth-order valence-corrected chi connectivity index (χ4v) is 10.5. The van der Waals surface area contributed by atoms with Gasteiger partial charge in [-0.25, -0.2) is 0 Å². The molecule has 0 radical (unpaired) electrons. The van der Waals surface area contributed by atoms with Crippen LogP contribution in [0.1, 0.15) is 98.3 Å². The molecule has 0 saturated heterocycles. The summed E-state index contributed by atoms with van der Waals surface area (Å²) in [4.78, 5) is 27.9. The van der Waals surface area contributed by atoms with Crippen molar-refractivity contribution in [3.63, 3.8) is 0 Å². The lowest BCUT2D eigenvalue weighted by molar-refractivity contribution is -0.163. The largest absolute Gasteiger partial charge is 0.425 e. The van der Waals surface area contributed by atoms with E-state index in [1.54, 1.807) is 6.92 Å². The Kier molecular flexibility index (Phi) is 5.68. The highest BCUT2D eigenvalue weighted by molar-refractivity contribution is 6.05. The van der Waals surface area contributed by atoms with Gasteiger partial charge < -0.3 is 9.52 Å². The Hall–Kier alpha value is -2.59. The SMILES string of the molecule is Cc1nnc([C@]23CCC(C)(C)CC2C2C(=O)C=C4[C@@]5(C)C=C(C#N)C(=O)[C@@](C)(CO)[C@@H]5CC[C@@]4(C)[C@]2(C)CC3)o1. The maximum Gasteiger partial charge on any atom is 0.222 e. The van der Waals surface area contributed by atoms with Crippen LogP contribution in [-0.4, -0.2) is 33.5 Å². The van der Waals surface area contributed by atoms with Crippen LogP contribution in [0.15, 0.2) is 27.7 Å². The number of Topliss-reactive ketones (excluding diaryl/α,β-unsaturated/α-hetero) is 1. The molecule has 0 aromatic carbocycles. The quantitative estimate of drug-likeness (QED) is 0.497. The van der Waals surface area contributed by atoms with Crippen molar-refractivity contribution in [2.24, 2.45) is 44.8 Å². The fourth-order valence-electron chi connectivity index (χ4n) is 10.5. The lowest BCUT2D eigenvalue weighted by Crippen LogP contribution is -2.66. The Morgan fingerprint density at radius 1 is 1.05 bits per heavy atom. The van der Waals surface area contributed by atoms with Crippen LogP contribution in [-0.2, 0) is 15.0 Å². The number of nitrogens with zero attached hydrogens (tertiary/aromatic N) is 3. The van der Waals surface area contributed by atoms with Crippen LogP contribution in [0.4, 0.5) is 0 Å². The average Bonchev–Trinajstić information content (AvgIpc) is 3.34. The predicted molar refractivity (Wildman–Crippen MR) is 149 cm³/mol. The second-order valence-corrected chi connectivity index (χ2v) is 15.4. The molecular formula is C33H43N3O4. The first-order valence-electron chi connectivity index (χ1n) is 15.0. The van der Waals surface area contributed by atoms with Crippen molar-refractivity contribution >= 4 is 11.6 Å². The molecule has 1 heterocycles. The van der Waals surface area contributed by atoms with E-state index in [1.165, 1.54) is 0 Å². The van der Waals surface area contributed by atoms with Gasteiger partial charge in [-0.05, 0) is 86.0 Å². The van der Waals surface area contributed by atoms with Gasteiger partial charge in [0.15, 0.2) is 11.6 Å². The van der Waals surface area contributed by atoms with E-state index in [0.717, 1.165) is 50.5 Å². The van der Waals surface area contributed by atoms with Gasteiger partial charge in [-0.2, -0.15) is 5.26 Å². The normalized spacial score (nSPS) is 45.7. The maximum atomic E-state index is 14.6. The molecule has 8 atom stereocenters. The third-order valence-electron chi connectivity index (χ3n) is 13.0. The lowest BCUT2D eigenvalue weighted by atomic mass is 9.34. The number of aliphatic hydroxyl groups excluding tert-OH is 1. The zero-order valence-corrected chi connectivity index (χ0v) is 25.1. The third kappa shape index (κ3) is 3.20. The molecule has 5 aliphatic carbocycles. The molecule has 40 heavy (non-hydrogen) atoms. The van der Waals surface area contributed by atoms with Crippen molar-refractivity contribution < 1.29 is 19.1 Å². The van der Waals surface area contributed by atoms with Gasteiger partial charge in [0.25, 0.3) is 0 Å². The fraction of sp³-hybridized carbons (Fsp3) is 0.727. The monoisotopic (exact) mass is 545 g/mol. The van der Waals surface area contributed by atoms with Crippen LogP contribution < -0.4 is 0 Å². The summed E-state index contributed by atoms with van der Waals surface area (Å²) in [5.74, 6) is 0.850. The molecule has 3 saturated carbocycles. The van der Waals surface area contributed by atoms with Gasteiger partial charge in [0.05, 0.1) is 23.0 Å². The number of ketones is 2. The zero-order valence-electron chi connectivity index (χ0n) is 25.1. The number of allylic oxidation sites excluding steroid dienone is 4. The van der Waals surface area contributed by atoms with Gasteiger partial charge in [0, 0.05) is 18.3 Å². The molecule has 2 unspecified atom stereocenters. The van der Waals surface area contributed by atoms with Crippen molar-refractivity contribution in [2.75, 3.05) is 6.61 Å². The molecule has 7 nitrogen and oxygen atoms in total. The summed E-state index contributed by atoms with van der Waals surface area (Å²) in [5, 5.41) is 29.2. The van der Waals surface area contributed by atoms with Gasteiger partial charge >= 0.3 is 0 Å². The van der Waals surface area contributed by atoms with E-state index in [-0.39, 0.29) is 63.2 Å². The number of aromatic nitrogens is 2. The molecule has 1 aromatic rings. The van der Waals surface area contributed by atoms with E-state index < -0.39 is 10.8 Å². The number of fused-ring (bicyclic) bond motifs is 7.